The lowest BCUT2D eigenvalue weighted by molar-refractivity contribution is -0.119. The molecule has 1 aliphatic heterocycles. The van der Waals surface area contributed by atoms with Crippen molar-refractivity contribution in [1.82, 2.24) is 5.32 Å². The summed E-state index contributed by atoms with van der Waals surface area (Å²) in [6.07, 6.45) is 7.25. The average Bonchev–Trinajstić information content (AvgIpc) is 2.49. The maximum Gasteiger partial charge on any atom is 0.241 e. The van der Waals surface area contributed by atoms with Crippen molar-refractivity contribution in [1.29, 1.82) is 0 Å². The van der Waals surface area contributed by atoms with Crippen LogP contribution in [-0.4, -0.2) is 18.0 Å². The summed E-state index contributed by atoms with van der Waals surface area (Å²) in [6, 6.07) is 7.83. The van der Waals surface area contributed by atoms with Crippen LogP contribution < -0.4 is 10.6 Å². The Morgan fingerprint density at radius 1 is 1.15 bits per heavy atom. The molecular weight excluding hydrogens is 272 g/mol. The Hall–Kier alpha value is -1.06. The smallest absolute Gasteiger partial charge is 0.241 e. The van der Waals surface area contributed by atoms with E-state index in [1.807, 2.05) is 18.2 Å². The van der Waals surface area contributed by atoms with Crippen LogP contribution in [0.25, 0.3) is 0 Å². The Kier molecular flexibility index (Phi) is 4.27. The average molecular weight is 293 g/mol. The van der Waals surface area contributed by atoms with Crippen molar-refractivity contribution in [3.05, 3.63) is 29.3 Å². The second-order valence-corrected chi connectivity index (χ2v) is 6.32. The van der Waals surface area contributed by atoms with Crippen molar-refractivity contribution in [2.24, 2.45) is 5.92 Å². The molecular formula is C16H21ClN2O. The van der Waals surface area contributed by atoms with Crippen LogP contribution in [0.2, 0.25) is 5.02 Å². The summed E-state index contributed by atoms with van der Waals surface area (Å²) in [5.41, 5.74) is 0.701. The van der Waals surface area contributed by atoms with Crippen molar-refractivity contribution in [3.8, 4) is 0 Å². The number of anilines is 1. The van der Waals surface area contributed by atoms with Crippen LogP contribution >= 0.6 is 11.6 Å². The van der Waals surface area contributed by atoms with Gasteiger partial charge in [0.05, 0.1) is 16.8 Å². The highest BCUT2D eigenvalue weighted by Crippen LogP contribution is 2.32. The summed E-state index contributed by atoms with van der Waals surface area (Å²) >= 11 is 6.08. The molecule has 0 spiro atoms. The highest BCUT2D eigenvalue weighted by atomic mass is 35.5. The number of nitrogens with one attached hydrogen (secondary N) is 2. The summed E-state index contributed by atoms with van der Waals surface area (Å²) in [5.74, 6) is 0.815. The fourth-order valence-electron chi connectivity index (χ4n) is 3.48. The lowest BCUT2D eigenvalue weighted by atomic mass is 9.77. The van der Waals surface area contributed by atoms with Crippen molar-refractivity contribution < 1.29 is 4.79 Å². The fraction of sp³-hybridized carbons (Fsp3) is 0.562. The zero-order valence-electron chi connectivity index (χ0n) is 11.6. The largest absolute Gasteiger partial charge is 0.323 e. The molecule has 2 N–H and O–H groups in total. The summed E-state index contributed by atoms with van der Waals surface area (Å²) < 4.78 is 0. The zero-order valence-corrected chi connectivity index (χ0v) is 12.3. The molecule has 2 fully saturated rings. The van der Waals surface area contributed by atoms with E-state index in [-0.39, 0.29) is 11.9 Å². The minimum atomic E-state index is -0.0781. The van der Waals surface area contributed by atoms with Crippen LogP contribution in [-0.2, 0) is 4.79 Å². The minimum absolute atomic E-state index is 0.0436. The molecule has 1 aromatic carbocycles. The third-order valence-corrected chi connectivity index (χ3v) is 4.93. The number of carbonyl (C=O) groups is 1. The van der Waals surface area contributed by atoms with Gasteiger partial charge in [0.15, 0.2) is 0 Å². The van der Waals surface area contributed by atoms with Gasteiger partial charge in [-0.2, -0.15) is 0 Å². The van der Waals surface area contributed by atoms with E-state index in [9.17, 15) is 4.79 Å². The number of carbonyl (C=O) groups excluding carboxylic acids is 1. The SMILES string of the molecule is O=C(Nc1ccccc1Cl)C1CCC2CCCCC2N1. The fourth-order valence-corrected chi connectivity index (χ4v) is 3.67. The van der Waals surface area contributed by atoms with Gasteiger partial charge in [0.2, 0.25) is 5.91 Å². The highest BCUT2D eigenvalue weighted by molar-refractivity contribution is 6.33. The Morgan fingerprint density at radius 2 is 1.95 bits per heavy atom. The van der Waals surface area contributed by atoms with Gasteiger partial charge in [0.25, 0.3) is 0 Å². The van der Waals surface area contributed by atoms with Crippen molar-refractivity contribution in [2.45, 2.75) is 50.6 Å². The molecule has 1 amide bonds. The number of hydrogen-bond donors (Lipinski definition) is 2. The van der Waals surface area contributed by atoms with Crippen molar-refractivity contribution in [2.75, 3.05) is 5.32 Å². The molecule has 1 aliphatic carbocycles. The van der Waals surface area contributed by atoms with E-state index in [2.05, 4.69) is 10.6 Å². The Balaban J connectivity index is 1.62. The third kappa shape index (κ3) is 2.99. The van der Waals surface area contributed by atoms with Gasteiger partial charge in [-0.25, -0.2) is 0 Å². The molecule has 1 aromatic rings. The number of para-hydroxylation sites is 1. The van der Waals surface area contributed by atoms with Gasteiger partial charge >= 0.3 is 0 Å². The first-order valence-electron chi connectivity index (χ1n) is 7.55. The Bertz CT molecular complexity index is 491. The molecule has 2 aliphatic rings. The second-order valence-electron chi connectivity index (χ2n) is 5.92. The molecule has 0 radical (unpaired) electrons. The van der Waals surface area contributed by atoms with E-state index < -0.39 is 0 Å². The summed E-state index contributed by atoms with van der Waals surface area (Å²) in [4.78, 5) is 12.4. The van der Waals surface area contributed by atoms with Crippen LogP contribution in [0.4, 0.5) is 5.69 Å². The Morgan fingerprint density at radius 3 is 2.80 bits per heavy atom. The summed E-state index contributed by atoms with van der Waals surface area (Å²) in [6.45, 7) is 0. The van der Waals surface area contributed by atoms with Crippen LogP contribution in [0.1, 0.15) is 38.5 Å². The summed E-state index contributed by atoms with van der Waals surface area (Å²) in [5, 5.41) is 7.07. The number of fused-ring (bicyclic) bond motifs is 1. The number of piperidine rings is 1. The number of amides is 1. The summed E-state index contributed by atoms with van der Waals surface area (Å²) in [7, 11) is 0. The monoisotopic (exact) mass is 292 g/mol. The predicted molar refractivity (Wildman–Crippen MR) is 82.0 cm³/mol. The minimum Gasteiger partial charge on any atom is -0.323 e. The predicted octanol–water partition coefficient (Wildman–Crippen LogP) is 3.59. The van der Waals surface area contributed by atoms with E-state index in [0.29, 0.717) is 16.8 Å². The van der Waals surface area contributed by atoms with Crippen molar-refractivity contribution >= 4 is 23.2 Å². The molecule has 4 heteroatoms. The lowest BCUT2D eigenvalue weighted by Gasteiger charge is -2.39. The molecule has 1 saturated carbocycles. The molecule has 3 rings (SSSR count). The number of rotatable bonds is 2. The molecule has 3 nitrogen and oxygen atoms in total. The van der Waals surface area contributed by atoms with E-state index >= 15 is 0 Å². The molecule has 3 atom stereocenters. The molecule has 0 aromatic heterocycles. The van der Waals surface area contributed by atoms with Gasteiger partial charge in [0, 0.05) is 6.04 Å². The second kappa shape index (κ2) is 6.15. The van der Waals surface area contributed by atoms with Crippen LogP contribution in [0.5, 0.6) is 0 Å². The van der Waals surface area contributed by atoms with Gasteiger partial charge in [-0.3, -0.25) is 4.79 Å². The Labute approximate surface area is 125 Å². The molecule has 1 heterocycles. The lowest BCUT2D eigenvalue weighted by Crippen LogP contribution is -2.53. The van der Waals surface area contributed by atoms with Gasteiger partial charge in [-0.05, 0) is 43.7 Å². The van der Waals surface area contributed by atoms with Crippen LogP contribution in [0.15, 0.2) is 24.3 Å². The van der Waals surface area contributed by atoms with Gasteiger partial charge in [-0.15, -0.1) is 0 Å². The number of halogens is 1. The first kappa shape index (κ1) is 13.9. The van der Waals surface area contributed by atoms with Gasteiger partial charge < -0.3 is 10.6 Å². The van der Waals surface area contributed by atoms with Crippen molar-refractivity contribution in [3.63, 3.8) is 0 Å². The van der Waals surface area contributed by atoms with Gasteiger partial charge in [-0.1, -0.05) is 36.6 Å². The molecule has 108 valence electrons. The topological polar surface area (TPSA) is 41.1 Å². The van der Waals surface area contributed by atoms with Crippen LogP contribution in [0.3, 0.4) is 0 Å². The van der Waals surface area contributed by atoms with E-state index in [1.54, 1.807) is 6.07 Å². The number of benzene rings is 1. The molecule has 1 saturated heterocycles. The molecule has 0 bridgehead atoms. The van der Waals surface area contributed by atoms with Crippen LogP contribution in [0, 0.1) is 5.92 Å². The van der Waals surface area contributed by atoms with E-state index in [0.717, 1.165) is 18.8 Å². The quantitative estimate of drug-likeness (QED) is 0.874. The highest BCUT2D eigenvalue weighted by Gasteiger charge is 2.34. The number of hydrogen-bond acceptors (Lipinski definition) is 2. The standard InChI is InChI=1S/C16H21ClN2O/c17-12-6-2-4-8-14(12)19-16(20)15-10-9-11-5-1-3-7-13(11)18-15/h2,4,6,8,11,13,15,18H,1,3,5,7,9-10H2,(H,19,20). The maximum atomic E-state index is 12.4. The normalized spacial score (nSPS) is 29.6. The first-order valence-corrected chi connectivity index (χ1v) is 7.93. The molecule has 20 heavy (non-hydrogen) atoms. The van der Waals surface area contributed by atoms with E-state index in [1.165, 1.54) is 25.7 Å². The zero-order chi connectivity index (χ0) is 13.9. The molecule has 3 unspecified atom stereocenters. The van der Waals surface area contributed by atoms with E-state index in [4.69, 9.17) is 11.6 Å². The first-order chi connectivity index (χ1) is 9.74. The maximum absolute atomic E-state index is 12.4. The van der Waals surface area contributed by atoms with Gasteiger partial charge in [0.1, 0.15) is 0 Å². The third-order valence-electron chi connectivity index (χ3n) is 4.60.